The highest BCUT2D eigenvalue weighted by Crippen LogP contribution is 2.64. The fourth-order valence-electron chi connectivity index (χ4n) is 6.64. The van der Waals surface area contributed by atoms with Gasteiger partial charge in [-0.25, -0.2) is 0 Å². The summed E-state index contributed by atoms with van der Waals surface area (Å²) in [5.41, 5.74) is -2.44. The Balaban J connectivity index is 1.75. The highest BCUT2D eigenvalue weighted by molar-refractivity contribution is 5.78. The second-order valence-corrected chi connectivity index (χ2v) is 10.3. The minimum absolute atomic E-state index is 0.306. The lowest BCUT2D eigenvalue weighted by molar-refractivity contribution is -0.335. The maximum Gasteiger partial charge on any atom is 0.310 e. The SMILES string of the molecule is CC(C)(O)[C@H]1[C@@H]2OC(=O)[C@H]1[C@H]1CC[C@H](C(=O)O)[C@@]1(C)[C@H]2O[C@@H]1O[C@H](CO)[C@@H](O)[C@H](O)[C@H]1O. The van der Waals surface area contributed by atoms with Gasteiger partial charge in [0, 0.05) is 11.3 Å². The van der Waals surface area contributed by atoms with E-state index in [1.807, 2.05) is 0 Å². The van der Waals surface area contributed by atoms with Crippen LogP contribution < -0.4 is 0 Å². The predicted molar refractivity (Wildman–Crippen MR) is 104 cm³/mol. The number of carbonyl (C=O) groups is 2. The molecule has 11 nitrogen and oxygen atoms in total. The van der Waals surface area contributed by atoms with Crippen molar-refractivity contribution in [2.45, 2.75) is 82.1 Å². The van der Waals surface area contributed by atoms with E-state index in [9.17, 15) is 40.2 Å². The van der Waals surface area contributed by atoms with Crippen LogP contribution >= 0.6 is 0 Å². The van der Waals surface area contributed by atoms with Gasteiger partial charge in [0.05, 0.1) is 24.0 Å². The molecule has 182 valence electrons. The molecule has 12 atom stereocenters. The third kappa shape index (κ3) is 3.29. The summed E-state index contributed by atoms with van der Waals surface area (Å²) in [5.74, 6) is -4.29. The summed E-state index contributed by atoms with van der Waals surface area (Å²) in [6, 6.07) is 0. The summed E-state index contributed by atoms with van der Waals surface area (Å²) in [4.78, 5) is 25.0. The van der Waals surface area contributed by atoms with Crippen molar-refractivity contribution in [2.24, 2.45) is 29.1 Å². The van der Waals surface area contributed by atoms with Crippen molar-refractivity contribution < 1.29 is 54.4 Å². The van der Waals surface area contributed by atoms with Crippen molar-refractivity contribution in [1.82, 2.24) is 0 Å². The second kappa shape index (κ2) is 7.86. The first kappa shape index (κ1) is 23.8. The van der Waals surface area contributed by atoms with Crippen molar-refractivity contribution in [3.63, 3.8) is 0 Å². The Morgan fingerprint density at radius 2 is 1.84 bits per heavy atom. The molecule has 0 spiro atoms. The van der Waals surface area contributed by atoms with Crippen molar-refractivity contribution in [3.8, 4) is 0 Å². The van der Waals surface area contributed by atoms with Gasteiger partial charge < -0.3 is 44.8 Å². The Morgan fingerprint density at radius 1 is 1.19 bits per heavy atom. The van der Waals surface area contributed by atoms with E-state index in [-0.39, 0.29) is 0 Å². The average molecular weight is 460 g/mol. The Kier molecular flexibility index (Phi) is 5.85. The molecule has 0 unspecified atom stereocenters. The third-order valence-corrected chi connectivity index (χ3v) is 8.17. The number of hydrogen-bond acceptors (Lipinski definition) is 10. The lowest BCUT2D eigenvalue weighted by atomic mass is 9.54. The van der Waals surface area contributed by atoms with E-state index in [0.29, 0.717) is 12.8 Å². The summed E-state index contributed by atoms with van der Waals surface area (Å²) < 4.78 is 17.2. The van der Waals surface area contributed by atoms with E-state index < -0.39 is 96.1 Å². The summed E-state index contributed by atoms with van der Waals surface area (Å²) in [7, 11) is 0. The van der Waals surface area contributed by atoms with Crippen LogP contribution in [0.25, 0.3) is 0 Å². The third-order valence-electron chi connectivity index (χ3n) is 8.17. The summed E-state index contributed by atoms with van der Waals surface area (Å²) in [5, 5.41) is 61.0. The van der Waals surface area contributed by atoms with Crippen LogP contribution in [-0.2, 0) is 23.8 Å². The molecule has 0 aromatic heterocycles. The molecular formula is C21H32O11. The molecule has 6 N–H and O–H groups in total. The van der Waals surface area contributed by atoms with Crippen LogP contribution in [0.1, 0.15) is 33.6 Å². The van der Waals surface area contributed by atoms with Gasteiger partial charge in [-0.15, -0.1) is 0 Å². The number of hydrogen-bond donors (Lipinski definition) is 6. The minimum atomic E-state index is -1.70. The number of rotatable bonds is 5. The van der Waals surface area contributed by atoms with Crippen LogP contribution in [-0.4, -0.2) is 97.7 Å². The van der Waals surface area contributed by atoms with Gasteiger partial charge in [0.2, 0.25) is 0 Å². The predicted octanol–water partition coefficient (Wildman–Crippen LogP) is -1.77. The molecule has 0 aromatic carbocycles. The zero-order chi connectivity index (χ0) is 23.7. The minimum Gasteiger partial charge on any atom is -0.481 e. The van der Waals surface area contributed by atoms with Gasteiger partial charge in [0.1, 0.15) is 36.6 Å². The number of aliphatic hydroxyl groups is 5. The van der Waals surface area contributed by atoms with Crippen molar-refractivity contribution in [2.75, 3.05) is 6.61 Å². The fourth-order valence-corrected chi connectivity index (χ4v) is 6.64. The average Bonchev–Trinajstić information content (AvgIpc) is 3.21. The Labute approximate surface area is 184 Å². The molecule has 2 aliphatic carbocycles. The topological polar surface area (TPSA) is 183 Å². The number of aliphatic carboxylic acids is 1. The van der Waals surface area contributed by atoms with E-state index in [0.717, 1.165) is 0 Å². The van der Waals surface area contributed by atoms with Crippen LogP contribution in [0.15, 0.2) is 0 Å². The molecular weight excluding hydrogens is 428 g/mol. The number of carboxylic acid groups (broad SMARTS) is 1. The molecule has 2 aliphatic heterocycles. The Hall–Kier alpha value is -1.34. The molecule has 4 fully saturated rings. The van der Waals surface area contributed by atoms with Gasteiger partial charge in [0.25, 0.3) is 0 Å². The molecule has 0 aromatic rings. The van der Waals surface area contributed by atoms with Crippen LogP contribution in [0, 0.1) is 29.1 Å². The maximum absolute atomic E-state index is 12.8. The Bertz CT molecular complexity index is 763. The van der Waals surface area contributed by atoms with E-state index >= 15 is 0 Å². The van der Waals surface area contributed by atoms with E-state index in [1.165, 1.54) is 0 Å². The smallest absolute Gasteiger partial charge is 0.310 e. The molecule has 0 amide bonds. The fraction of sp³-hybridized carbons (Fsp3) is 0.905. The van der Waals surface area contributed by atoms with Crippen molar-refractivity contribution in [3.05, 3.63) is 0 Å². The van der Waals surface area contributed by atoms with Crippen LogP contribution in [0.3, 0.4) is 0 Å². The van der Waals surface area contributed by atoms with Crippen LogP contribution in [0.2, 0.25) is 0 Å². The standard InChI is InChI=1S/C21H32O11/c1-20(2,29)11-10-7-4-5-8(17(26)27)21(7,3)16(15(11)31-18(10)28)32-19-14(25)13(24)12(23)9(6-22)30-19/h7-16,19,22-25,29H,4-6H2,1-3H3,(H,26,27)/t7-,8-,9-,10+,11-,12-,13+,14-,15+,16+,19+,21+/m1/s1. The van der Waals surface area contributed by atoms with Crippen LogP contribution in [0.5, 0.6) is 0 Å². The van der Waals surface area contributed by atoms with Gasteiger partial charge in [-0.1, -0.05) is 6.92 Å². The molecule has 4 aliphatic rings. The monoisotopic (exact) mass is 460 g/mol. The van der Waals surface area contributed by atoms with Gasteiger partial charge >= 0.3 is 11.9 Å². The quantitative estimate of drug-likeness (QED) is 0.255. The number of carboxylic acids is 1. The van der Waals surface area contributed by atoms with Crippen LogP contribution in [0.4, 0.5) is 0 Å². The maximum atomic E-state index is 12.8. The van der Waals surface area contributed by atoms with Gasteiger partial charge in [-0.2, -0.15) is 0 Å². The number of fused-ring (bicyclic) bond motifs is 4. The molecule has 0 radical (unpaired) electrons. The number of aliphatic hydroxyl groups excluding tert-OH is 4. The zero-order valence-corrected chi connectivity index (χ0v) is 18.2. The molecule has 2 saturated heterocycles. The molecule has 4 rings (SSSR count). The van der Waals surface area contributed by atoms with Gasteiger partial charge in [-0.3, -0.25) is 9.59 Å². The highest BCUT2D eigenvalue weighted by Gasteiger charge is 2.72. The Morgan fingerprint density at radius 3 is 2.41 bits per heavy atom. The zero-order valence-electron chi connectivity index (χ0n) is 18.2. The first-order chi connectivity index (χ1) is 14.8. The highest BCUT2D eigenvalue weighted by atomic mass is 16.7. The molecule has 2 heterocycles. The van der Waals surface area contributed by atoms with E-state index in [1.54, 1.807) is 20.8 Å². The lowest BCUT2D eigenvalue weighted by Crippen LogP contribution is -2.65. The summed E-state index contributed by atoms with van der Waals surface area (Å²) in [6.07, 6.45) is -9.08. The van der Waals surface area contributed by atoms with Gasteiger partial charge in [0.15, 0.2) is 6.29 Å². The van der Waals surface area contributed by atoms with E-state index in [2.05, 4.69) is 0 Å². The molecule has 2 bridgehead atoms. The molecule has 2 saturated carbocycles. The largest absolute Gasteiger partial charge is 0.481 e. The normalized spacial score (nSPS) is 50.8. The second-order valence-electron chi connectivity index (χ2n) is 10.3. The first-order valence-electron chi connectivity index (χ1n) is 11.0. The number of carbonyl (C=O) groups excluding carboxylic acids is 1. The first-order valence-corrected chi connectivity index (χ1v) is 11.0. The number of ether oxygens (including phenoxy) is 3. The van der Waals surface area contributed by atoms with Gasteiger partial charge in [-0.05, 0) is 32.6 Å². The molecule has 32 heavy (non-hydrogen) atoms. The number of esters is 1. The van der Waals surface area contributed by atoms with Crippen molar-refractivity contribution >= 4 is 11.9 Å². The van der Waals surface area contributed by atoms with Crippen molar-refractivity contribution in [1.29, 1.82) is 0 Å². The lowest BCUT2D eigenvalue weighted by Gasteiger charge is -2.53. The summed E-state index contributed by atoms with van der Waals surface area (Å²) >= 11 is 0. The summed E-state index contributed by atoms with van der Waals surface area (Å²) in [6.45, 7) is 4.16. The van der Waals surface area contributed by atoms with E-state index in [4.69, 9.17) is 14.2 Å². The molecule has 11 heteroatoms.